The van der Waals surface area contributed by atoms with Crippen molar-refractivity contribution in [1.29, 1.82) is 5.26 Å². The highest BCUT2D eigenvalue weighted by Crippen LogP contribution is 2.30. The Morgan fingerprint density at radius 3 is 2.52 bits per heavy atom. The van der Waals surface area contributed by atoms with Crippen LogP contribution < -0.4 is 5.32 Å². The summed E-state index contributed by atoms with van der Waals surface area (Å²) in [4.78, 5) is 24.7. The van der Waals surface area contributed by atoms with Crippen LogP contribution in [0.5, 0.6) is 0 Å². The summed E-state index contributed by atoms with van der Waals surface area (Å²) < 4.78 is 6.80. The molecule has 8 heteroatoms. The van der Waals surface area contributed by atoms with Crippen molar-refractivity contribution in [2.24, 2.45) is 0 Å². The molecule has 3 aromatic rings. The molecule has 3 rings (SSSR count). The molecule has 0 saturated carbocycles. The number of methoxy groups -OCH3 is 1. The third-order valence-electron chi connectivity index (χ3n) is 5.21. The molecule has 0 unspecified atom stereocenters. The lowest BCUT2D eigenvalue weighted by Crippen LogP contribution is -2.13. The molecule has 0 aliphatic rings. The highest BCUT2D eigenvalue weighted by Gasteiger charge is 2.17. The van der Waals surface area contributed by atoms with E-state index >= 15 is 0 Å². The zero-order valence-electron chi connectivity index (χ0n) is 18.5. The fraction of sp³-hybridized carbons (Fsp3) is 0.160. The van der Waals surface area contributed by atoms with Crippen molar-refractivity contribution in [2.45, 2.75) is 20.8 Å². The molecule has 0 radical (unpaired) electrons. The topological polar surface area (TPSA) is 84.1 Å². The van der Waals surface area contributed by atoms with Crippen LogP contribution in [0.25, 0.3) is 11.8 Å². The van der Waals surface area contributed by atoms with Gasteiger partial charge in [0.15, 0.2) is 0 Å². The fourth-order valence-corrected chi connectivity index (χ4v) is 3.84. The second-order valence-electron chi connectivity index (χ2n) is 7.38. The molecule has 1 heterocycles. The molecule has 6 nitrogen and oxygen atoms in total. The molecule has 0 bridgehead atoms. The van der Waals surface area contributed by atoms with Crippen molar-refractivity contribution in [3.8, 4) is 11.8 Å². The maximum absolute atomic E-state index is 12.7. The third kappa shape index (κ3) is 4.95. The molecule has 33 heavy (non-hydrogen) atoms. The van der Waals surface area contributed by atoms with E-state index in [9.17, 15) is 14.9 Å². The van der Waals surface area contributed by atoms with Crippen molar-refractivity contribution < 1.29 is 14.3 Å². The monoisotopic (exact) mass is 481 g/mol. The Kier molecular flexibility index (Phi) is 7.27. The van der Waals surface area contributed by atoms with Gasteiger partial charge in [0.1, 0.15) is 11.6 Å². The van der Waals surface area contributed by atoms with Crippen LogP contribution in [0, 0.1) is 32.1 Å². The molecule has 0 atom stereocenters. The number of nitrogens with zero attached hydrogens (tertiary/aromatic N) is 2. The van der Waals surface area contributed by atoms with Crippen molar-refractivity contribution >= 4 is 46.8 Å². The van der Waals surface area contributed by atoms with Gasteiger partial charge in [0.05, 0.1) is 28.4 Å². The normalized spacial score (nSPS) is 11.1. The number of esters is 1. The average molecular weight is 482 g/mol. The minimum Gasteiger partial charge on any atom is -0.465 e. The Morgan fingerprint density at radius 2 is 1.85 bits per heavy atom. The van der Waals surface area contributed by atoms with Crippen LogP contribution in [-0.2, 0) is 9.53 Å². The molecule has 1 N–H and O–H groups in total. The lowest BCUT2D eigenvalue weighted by Gasteiger charge is -2.14. The number of carbonyl (C=O) groups excluding carboxylic acids is 2. The summed E-state index contributed by atoms with van der Waals surface area (Å²) in [5.41, 5.74) is 4.79. The number of nitriles is 1. The second kappa shape index (κ2) is 9.95. The zero-order valence-corrected chi connectivity index (χ0v) is 20.0. The highest BCUT2D eigenvalue weighted by atomic mass is 35.5. The summed E-state index contributed by atoms with van der Waals surface area (Å²) in [5.74, 6) is -1.03. The summed E-state index contributed by atoms with van der Waals surface area (Å²) in [5, 5.41) is 12.7. The van der Waals surface area contributed by atoms with Gasteiger partial charge >= 0.3 is 5.97 Å². The SMILES string of the molecule is COC(=O)c1ccc(C)c(-n2c(C)cc(/C=C(/C#N)C(=O)Nc3cccc(Cl)c3Cl)c2C)c1. The summed E-state index contributed by atoms with van der Waals surface area (Å²) in [6.45, 7) is 5.73. The second-order valence-corrected chi connectivity index (χ2v) is 8.17. The molecule has 0 fully saturated rings. The van der Waals surface area contributed by atoms with E-state index in [4.69, 9.17) is 27.9 Å². The van der Waals surface area contributed by atoms with Crippen molar-refractivity contribution in [2.75, 3.05) is 12.4 Å². The average Bonchev–Trinajstić information content (AvgIpc) is 3.07. The number of ether oxygens (including phenoxy) is 1. The number of aromatic nitrogens is 1. The summed E-state index contributed by atoms with van der Waals surface area (Å²) in [6.07, 6.45) is 1.52. The number of amides is 1. The minimum atomic E-state index is -0.602. The number of nitrogens with one attached hydrogen (secondary N) is 1. The minimum absolute atomic E-state index is 0.0914. The first-order chi connectivity index (χ1) is 15.7. The van der Waals surface area contributed by atoms with E-state index < -0.39 is 11.9 Å². The smallest absolute Gasteiger partial charge is 0.337 e. The fourth-order valence-electron chi connectivity index (χ4n) is 3.49. The van der Waals surface area contributed by atoms with E-state index in [0.717, 1.165) is 22.6 Å². The molecule has 0 aliphatic carbocycles. The van der Waals surface area contributed by atoms with Gasteiger partial charge in [0.2, 0.25) is 0 Å². The van der Waals surface area contributed by atoms with Crippen molar-refractivity contribution in [1.82, 2.24) is 4.57 Å². The number of hydrogen-bond donors (Lipinski definition) is 1. The number of halogens is 2. The van der Waals surface area contributed by atoms with Crippen LogP contribution in [-0.4, -0.2) is 23.6 Å². The largest absolute Gasteiger partial charge is 0.465 e. The van der Waals surface area contributed by atoms with Crippen LogP contribution in [0.3, 0.4) is 0 Å². The maximum Gasteiger partial charge on any atom is 0.337 e. The molecule has 168 valence electrons. The Balaban J connectivity index is 2.01. The number of benzene rings is 2. The Hall–Kier alpha value is -3.53. The predicted molar refractivity (Wildman–Crippen MR) is 130 cm³/mol. The molecule has 1 amide bonds. The summed E-state index contributed by atoms with van der Waals surface area (Å²) in [6, 6.07) is 14.0. The highest BCUT2D eigenvalue weighted by molar-refractivity contribution is 6.44. The van der Waals surface area contributed by atoms with Gasteiger partial charge in [-0.2, -0.15) is 5.26 Å². The summed E-state index contributed by atoms with van der Waals surface area (Å²) in [7, 11) is 1.34. The lowest BCUT2D eigenvalue weighted by atomic mass is 10.1. The quantitative estimate of drug-likeness (QED) is 0.273. The van der Waals surface area contributed by atoms with E-state index in [-0.39, 0.29) is 10.6 Å². The van der Waals surface area contributed by atoms with Gasteiger partial charge in [-0.05, 0) is 68.3 Å². The van der Waals surface area contributed by atoms with Gasteiger partial charge in [-0.15, -0.1) is 0 Å². The molecule has 0 spiro atoms. The van der Waals surface area contributed by atoms with Crippen LogP contribution in [0.15, 0.2) is 48.0 Å². The predicted octanol–water partition coefficient (Wildman–Crippen LogP) is 6.04. The number of hydrogen-bond acceptors (Lipinski definition) is 4. The maximum atomic E-state index is 12.7. The Labute approximate surface area is 202 Å². The van der Waals surface area contributed by atoms with Gasteiger partial charge < -0.3 is 14.6 Å². The molecule has 1 aromatic heterocycles. The van der Waals surface area contributed by atoms with E-state index in [1.165, 1.54) is 13.2 Å². The van der Waals surface area contributed by atoms with Crippen molar-refractivity contribution in [3.05, 3.63) is 86.2 Å². The molecular weight excluding hydrogens is 461 g/mol. The lowest BCUT2D eigenvalue weighted by molar-refractivity contribution is -0.112. The van der Waals surface area contributed by atoms with Gasteiger partial charge in [-0.1, -0.05) is 35.3 Å². The van der Waals surface area contributed by atoms with E-state index in [1.807, 2.05) is 43.5 Å². The summed E-state index contributed by atoms with van der Waals surface area (Å²) >= 11 is 12.1. The van der Waals surface area contributed by atoms with Gasteiger partial charge in [-0.3, -0.25) is 4.79 Å². The number of anilines is 1. The standard InChI is InChI=1S/C25H21Cl2N3O3/c1-14-8-9-17(25(32)33-4)12-22(14)30-15(2)10-18(16(30)3)11-19(13-28)24(31)29-21-7-5-6-20(26)23(21)27/h5-12H,1-4H3,(H,29,31)/b19-11-. The first kappa shape index (κ1) is 24.1. The van der Waals surface area contributed by atoms with E-state index in [2.05, 4.69) is 5.32 Å². The van der Waals surface area contributed by atoms with Crippen molar-refractivity contribution in [3.63, 3.8) is 0 Å². The molecule has 0 saturated heterocycles. The molecule has 0 aliphatic heterocycles. The van der Waals surface area contributed by atoms with Gasteiger partial charge in [0, 0.05) is 17.1 Å². The number of aryl methyl sites for hydroxylation is 2. The Morgan fingerprint density at radius 1 is 1.12 bits per heavy atom. The molecular formula is C25H21Cl2N3O3. The first-order valence-corrected chi connectivity index (χ1v) is 10.7. The van der Waals surface area contributed by atoms with E-state index in [0.29, 0.717) is 21.8 Å². The molecule has 2 aromatic carbocycles. The van der Waals surface area contributed by atoms with Gasteiger partial charge in [0.25, 0.3) is 5.91 Å². The van der Waals surface area contributed by atoms with Crippen LogP contribution in [0.4, 0.5) is 5.69 Å². The Bertz CT molecular complexity index is 1330. The van der Waals surface area contributed by atoms with Crippen LogP contribution in [0.2, 0.25) is 10.0 Å². The number of carbonyl (C=O) groups is 2. The van der Waals surface area contributed by atoms with Crippen LogP contribution in [0.1, 0.15) is 32.9 Å². The van der Waals surface area contributed by atoms with Crippen LogP contribution >= 0.6 is 23.2 Å². The number of rotatable bonds is 5. The first-order valence-electron chi connectivity index (χ1n) is 9.93. The third-order valence-corrected chi connectivity index (χ3v) is 6.03. The van der Waals surface area contributed by atoms with E-state index in [1.54, 1.807) is 30.3 Å². The van der Waals surface area contributed by atoms with Gasteiger partial charge in [-0.25, -0.2) is 4.79 Å². The zero-order chi connectivity index (χ0) is 24.3.